The van der Waals surface area contributed by atoms with Crippen molar-refractivity contribution in [3.63, 3.8) is 0 Å². The van der Waals surface area contributed by atoms with E-state index in [1.807, 2.05) is 18.2 Å². The summed E-state index contributed by atoms with van der Waals surface area (Å²) in [5.41, 5.74) is 2.41. The molecule has 0 saturated carbocycles. The summed E-state index contributed by atoms with van der Waals surface area (Å²) in [6.07, 6.45) is 1.53. The molecule has 1 atom stereocenters. The second-order valence-corrected chi connectivity index (χ2v) is 10.8. The number of sulfonamides is 1. The average Bonchev–Trinajstić information content (AvgIpc) is 3.38. The van der Waals surface area contributed by atoms with Crippen LogP contribution in [-0.2, 0) is 22.9 Å². The highest BCUT2D eigenvalue weighted by molar-refractivity contribution is 8.01. The number of hydrogen-bond donors (Lipinski definition) is 0. The van der Waals surface area contributed by atoms with Crippen LogP contribution in [0.4, 0.5) is 5.69 Å². The van der Waals surface area contributed by atoms with Crippen LogP contribution < -0.4 is 0 Å². The van der Waals surface area contributed by atoms with Crippen molar-refractivity contribution < 1.29 is 13.3 Å². The minimum Gasteiger partial charge on any atom is -0.258 e. The lowest BCUT2D eigenvalue weighted by Gasteiger charge is -2.24. The molecule has 0 aromatic heterocycles. The molecule has 1 fully saturated rings. The Morgan fingerprint density at radius 3 is 2.77 bits per heavy atom. The van der Waals surface area contributed by atoms with Gasteiger partial charge in [-0.05, 0) is 52.4 Å². The van der Waals surface area contributed by atoms with Gasteiger partial charge in [0.05, 0.1) is 15.2 Å². The number of rotatable bonds is 4. The minimum atomic E-state index is -3.77. The lowest BCUT2D eigenvalue weighted by molar-refractivity contribution is -0.384. The number of aryl methyl sites for hydroxylation is 2. The van der Waals surface area contributed by atoms with Crippen LogP contribution in [0.15, 0.2) is 53.4 Å². The van der Waals surface area contributed by atoms with Gasteiger partial charge < -0.3 is 0 Å². The Morgan fingerprint density at radius 1 is 1.13 bits per heavy atom. The van der Waals surface area contributed by atoms with E-state index in [0.717, 1.165) is 22.8 Å². The van der Waals surface area contributed by atoms with Crippen LogP contribution in [0.3, 0.4) is 0 Å². The molecule has 3 aromatic carbocycles. The largest absolute Gasteiger partial charge is 0.288 e. The molecule has 0 unspecified atom stereocenters. The van der Waals surface area contributed by atoms with Gasteiger partial charge in [-0.15, -0.1) is 11.8 Å². The van der Waals surface area contributed by atoms with E-state index in [9.17, 15) is 18.5 Å². The summed E-state index contributed by atoms with van der Waals surface area (Å²) in [6.45, 7) is 0.354. The van der Waals surface area contributed by atoms with Crippen molar-refractivity contribution in [2.24, 2.45) is 0 Å². The van der Waals surface area contributed by atoms with Crippen molar-refractivity contribution in [3.8, 4) is 0 Å². The summed E-state index contributed by atoms with van der Waals surface area (Å²) in [7, 11) is -3.77. The maximum atomic E-state index is 13.7. The van der Waals surface area contributed by atoms with E-state index in [1.54, 1.807) is 12.1 Å². The molecule has 1 aliphatic carbocycles. The molecule has 154 valence electrons. The molecular weight excluding hydrogens is 444 g/mol. The smallest absolute Gasteiger partial charge is 0.258 e. The third-order valence-corrected chi connectivity index (χ3v) is 9.39. The fraction of sp³-hybridized carbons (Fsp3) is 0.238. The molecule has 1 saturated heterocycles. The van der Waals surface area contributed by atoms with E-state index in [2.05, 4.69) is 6.07 Å². The zero-order valence-corrected chi connectivity index (χ0v) is 18.1. The molecule has 0 spiro atoms. The van der Waals surface area contributed by atoms with Crippen molar-refractivity contribution >= 4 is 49.8 Å². The highest BCUT2D eigenvalue weighted by Crippen LogP contribution is 2.45. The monoisotopic (exact) mass is 460 g/mol. The Labute approximate surface area is 183 Å². The van der Waals surface area contributed by atoms with Crippen LogP contribution in [0.1, 0.15) is 22.1 Å². The number of benzene rings is 3. The molecule has 1 heterocycles. The van der Waals surface area contributed by atoms with Crippen LogP contribution in [0.25, 0.3) is 10.8 Å². The molecule has 6 nitrogen and oxygen atoms in total. The van der Waals surface area contributed by atoms with Gasteiger partial charge in [0, 0.05) is 18.4 Å². The van der Waals surface area contributed by atoms with Crippen LogP contribution >= 0.6 is 23.4 Å². The first kappa shape index (κ1) is 19.8. The zero-order chi connectivity index (χ0) is 21.0. The number of nitrogens with zero attached hydrogens (tertiary/aromatic N) is 2. The normalized spacial score (nSPS) is 18.9. The summed E-state index contributed by atoms with van der Waals surface area (Å²) < 4.78 is 28.9. The first-order chi connectivity index (χ1) is 14.4. The van der Waals surface area contributed by atoms with Crippen LogP contribution in [-0.4, -0.2) is 29.9 Å². The fourth-order valence-corrected chi connectivity index (χ4v) is 8.06. The lowest BCUT2D eigenvalue weighted by Crippen LogP contribution is -2.31. The molecule has 0 radical (unpaired) electrons. The SMILES string of the molecule is O=[N+]([O-])c1cc([C@H]2SCCN2S(=O)(=O)c2ccc3cccc4c3c2CC4)ccc1Cl. The Morgan fingerprint density at radius 2 is 1.97 bits per heavy atom. The van der Waals surface area contributed by atoms with Crippen LogP contribution in [0.5, 0.6) is 0 Å². The van der Waals surface area contributed by atoms with Crippen LogP contribution in [0.2, 0.25) is 5.02 Å². The average molecular weight is 461 g/mol. The quantitative estimate of drug-likeness (QED) is 0.407. The van der Waals surface area contributed by atoms with Crippen molar-refractivity contribution in [1.29, 1.82) is 0 Å². The van der Waals surface area contributed by atoms with E-state index >= 15 is 0 Å². The Hall–Kier alpha value is -2.13. The Kier molecular flexibility index (Phi) is 4.77. The predicted octanol–water partition coefficient (Wildman–Crippen LogP) is 4.94. The summed E-state index contributed by atoms with van der Waals surface area (Å²) in [5.74, 6) is 0.620. The van der Waals surface area contributed by atoms with E-state index in [-0.39, 0.29) is 10.7 Å². The maximum absolute atomic E-state index is 13.7. The van der Waals surface area contributed by atoms with E-state index < -0.39 is 20.3 Å². The third-order valence-electron chi connectivity index (χ3n) is 5.73. The van der Waals surface area contributed by atoms with Gasteiger partial charge in [-0.2, -0.15) is 4.31 Å². The van der Waals surface area contributed by atoms with E-state index in [4.69, 9.17) is 11.6 Å². The molecule has 5 rings (SSSR count). The van der Waals surface area contributed by atoms with Crippen molar-refractivity contribution in [1.82, 2.24) is 4.31 Å². The van der Waals surface area contributed by atoms with Gasteiger partial charge in [0.15, 0.2) is 0 Å². The van der Waals surface area contributed by atoms with Gasteiger partial charge >= 0.3 is 0 Å². The van der Waals surface area contributed by atoms with Gasteiger partial charge in [0.1, 0.15) is 5.02 Å². The molecular formula is C21H17ClN2O4S2. The van der Waals surface area contributed by atoms with E-state index in [0.29, 0.717) is 29.2 Å². The first-order valence-electron chi connectivity index (χ1n) is 9.49. The molecule has 0 amide bonds. The standard InChI is InChI=1S/C21H17ClN2O4S2/c22-17-8-5-15(12-18(17)24(25)26)21-23(10-11-29-21)30(27,28)19-9-6-14-3-1-2-13-4-7-16(19)20(13)14/h1-3,5-6,8-9,12,21H,4,7,10-11H2/t21-/m1/s1. The molecule has 9 heteroatoms. The zero-order valence-electron chi connectivity index (χ0n) is 15.7. The Bertz CT molecular complexity index is 1310. The van der Waals surface area contributed by atoms with Crippen LogP contribution in [0, 0.1) is 10.1 Å². The summed E-state index contributed by atoms with van der Waals surface area (Å²) in [6, 6.07) is 14.1. The number of nitro groups is 1. The summed E-state index contributed by atoms with van der Waals surface area (Å²) in [5, 5.41) is 12.9. The lowest BCUT2D eigenvalue weighted by atomic mass is 10.1. The van der Waals surface area contributed by atoms with Crippen molar-refractivity contribution in [3.05, 3.63) is 80.4 Å². The second-order valence-electron chi connectivity index (χ2n) is 7.36. The van der Waals surface area contributed by atoms with Gasteiger partial charge in [-0.25, -0.2) is 8.42 Å². The molecule has 2 aliphatic rings. The van der Waals surface area contributed by atoms with Gasteiger partial charge in [0.25, 0.3) is 5.69 Å². The molecule has 30 heavy (non-hydrogen) atoms. The number of hydrogen-bond acceptors (Lipinski definition) is 5. The molecule has 1 aliphatic heterocycles. The van der Waals surface area contributed by atoms with Gasteiger partial charge in [0.2, 0.25) is 10.0 Å². The van der Waals surface area contributed by atoms with Crippen molar-refractivity contribution in [2.75, 3.05) is 12.3 Å². The molecule has 3 aromatic rings. The fourth-order valence-electron chi connectivity index (χ4n) is 4.39. The molecule has 0 N–H and O–H groups in total. The predicted molar refractivity (Wildman–Crippen MR) is 119 cm³/mol. The van der Waals surface area contributed by atoms with Gasteiger partial charge in [-0.3, -0.25) is 10.1 Å². The highest BCUT2D eigenvalue weighted by Gasteiger charge is 2.39. The summed E-state index contributed by atoms with van der Waals surface area (Å²) in [4.78, 5) is 11.1. The van der Waals surface area contributed by atoms with E-state index in [1.165, 1.54) is 33.8 Å². The Balaban J connectivity index is 1.60. The van der Waals surface area contributed by atoms with Gasteiger partial charge in [-0.1, -0.05) is 41.9 Å². The third kappa shape index (κ3) is 3.01. The second kappa shape index (κ2) is 7.23. The minimum absolute atomic E-state index is 0.0383. The first-order valence-corrected chi connectivity index (χ1v) is 12.4. The topological polar surface area (TPSA) is 80.5 Å². The molecule has 0 bridgehead atoms. The number of thioether (sulfide) groups is 1. The maximum Gasteiger partial charge on any atom is 0.288 e. The summed E-state index contributed by atoms with van der Waals surface area (Å²) >= 11 is 7.40. The highest BCUT2D eigenvalue weighted by atomic mass is 35.5. The number of nitro benzene ring substituents is 1. The number of halogens is 1. The van der Waals surface area contributed by atoms with Crippen molar-refractivity contribution in [2.45, 2.75) is 23.1 Å².